The molecule has 0 saturated carbocycles. The summed E-state index contributed by atoms with van der Waals surface area (Å²) >= 11 is 6.65. The van der Waals surface area contributed by atoms with Crippen molar-refractivity contribution in [1.29, 1.82) is 0 Å². The maximum Gasteiger partial charge on any atom is 0.272 e. The van der Waals surface area contributed by atoms with Gasteiger partial charge in [-0.3, -0.25) is 0 Å². The van der Waals surface area contributed by atoms with Crippen LogP contribution in [0.4, 0.5) is 0 Å². The molecule has 3 heterocycles. The minimum absolute atomic E-state index is 0.402. The molecule has 28 heavy (non-hydrogen) atoms. The second-order valence-electron chi connectivity index (χ2n) is 6.24. The fraction of sp³-hybridized carbons (Fsp3) is 0.0500. The summed E-state index contributed by atoms with van der Waals surface area (Å²) < 4.78 is 3.26. The summed E-state index contributed by atoms with van der Waals surface area (Å²) in [5.74, 6) is 0.908. The minimum atomic E-state index is 0.402. The lowest BCUT2D eigenvalue weighted by atomic mass is 10.2. The number of halogens is 1. The number of fused-ring (bicyclic) bond motifs is 1. The topological polar surface area (TPSA) is 73.8 Å². The van der Waals surface area contributed by atoms with Gasteiger partial charge in [0.1, 0.15) is 5.15 Å². The van der Waals surface area contributed by atoms with Crippen molar-refractivity contribution in [2.24, 2.45) is 0 Å². The molecule has 0 bridgehead atoms. The molecule has 0 aliphatic carbocycles. The second-order valence-corrected chi connectivity index (χ2v) is 6.60. The highest BCUT2D eigenvalue weighted by atomic mass is 35.5. The van der Waals surface area contributed by atoms with Crippen LogP contribution in [-0.2, 0) is 0 Å². The largest absolute Gasteiger partial charge is 0.272 e. The summed E-state index contributed by atoms with van der Waals surface area (Å²) in [6.07, 6.45) is 1.69. The predicted molar refractivity (Wildman–Crippen MR) is 106 cm³/mol. The molecular weight excluding hydrogens is 374 g/mol. The van der Waals surface area contributed by atoms with Crippen molar-refractivity contribution >= 4 is 17.4 Å². The molecule has 0 saturated heterocycles. The van der Waals surface area contributed by atoms with Gasteiger partial charge in [-0.05, 0) is 19.1 Å². The molecule has 0 unspecified atom stereocenters. The summed E-state index contributed by atoms with van der Waals surface area (Å²) in [6, 6.07) is 19.5. The van der Waals surface area contributed by atoms with E-state index in [-0.39, 0.29) is 0 Å². The van der Waals surface area contributed by atoms with Crippen molar-refractivity contribution in [3.63, 3.8) is 0 Å². The Bertz CT molecular complexity index is 1280. The molecule has 0 N–H and O–H groups in total. The molecule has 7 nitrogen and oxygen atoms in total. The van der Waals surface area contributed by atoms with E-state index in [9.17, 15) is 0 Å². The number of para-hydroxylation sites is 1. The SMILES string of the molecule is Cc1nn(-c2ccccc2)c(Cl)c1-c1nnc2nc(-c3ccccc3)cnn12. The lowest BCUT2D eigenvalue weighted by Gasteiger charge is -2.03. The predicted octanol–water partition coefficient (Wildman–Crippen LogP) is 4.00. The van der Waals surface area contributed by atoms with Gasteiger partial charge in [0, 0.05) is 5.56 Å². The molecular formula is C20H14ClN7. The van der Waals surface area contributed by atoms with Crippen LogP contribution in [0.3, 0.4) is 0 Å². The molecule has 2 aromatic carbocycles. The number of benzene rings is 2. The Kier molecular flexibility index (Phi) is 3.87. The smallest absolute Gasteiger partial charge is 0.221 e. The van der Waals surface area contributed by atoms with E-state index in [4.69, 9.17) is 11.6 Å². The Morgan fingerprint density at radius 3 is 2.36 bits per heavy atom. The third-order valence-corrected chi connectivity index (χ3v) is 4.79. The molecule has 0 aliphatic heterocycles. The van der Waals surface area contributed by atoms with E-state index in [1.54, 1.807) is 15.4 Å². The number of aryl methyl sites for hydroxylation is 1. The number of aromatic nitrogens is 7. The standard InChI is InChI=1S/C20H14ClN7/c1-13-17(18(21)27(26-13)15-10-6-3-7-11-15)19-24-25-20-23-16(12-22-28(19)20)14-8-4-2-5-9-14/h2-12H,1H3. The molecule has 5 rings (SSSR count). The van der Waals surface area contributed by atoms with E-state index >= 15 is 0 Å². The highest BCUT2D eigenvalue weighted by Gasteiger charge is 2.22. The van der Waals surface area contributed by atoms with Crippen molar-refractivity contribution in [3.8, 4) is 28.3 Å². The maximum absolute atomic E-state index is 6.65. The van der Waals surface area contributed by atoms with Crippen molar-refractivity contribution in [1.82, 2.24) is 34.6 Å². The van der Waals surface area contributed by atoms with Crippen LogP contribution < -0.4 is 0 Å². The summed E-state index contributed by atoms with van der Waals surface area (Å²) in [4.78, 5) is 4.57. The third kappa shape index (κ3) is 2.64. The fourth-order valence-electron chi connectivity index (χ4n) is 3.09. The van der Waals surface area contributed by atoms with E-state index in [0.717, 1.165) is 22.6 Å². The Morgan fingerprint density at radius 2 is 1.61 bits per heavy atom. The first-order valence-corrected chi connectivity index (χ1v) is 9.05. The minimum Gasteiger partial charge on any atom is -0.221 e. The van der Waals surface area contributed by atoms with Crippen LogP contribution in [0, 0.1) is 6.92 Å². The zero-order chi connectivity index (χ0) is 19.1. The number of hydrogen-bond acceptors (Lipinski definition) is 5. The van der Waals surface area contributed by atoms with Crippen LogP contribution in [0.25, 0.3) is 34.1 Å². The van der Waals surface area contributed by atoms with Gasteiger partial charge in [-0.15, -0.1) is 10.2 Å². The van der Waals surface area contributed by atoms with Crippen molar-refractivity contribution < 1.29 is 0 Å². The normalized spacial score (nSPS) is 11.2. The van der Waals surface area contributed by atoms with E-state index in [1.807, 2.05) is 67.6 Å². The van der Waals surface area contributed by atoms with Gasteiger partial charge in [0.15, 0.2) is 5.82 Å². The number of hydrogen-bond donors (Lipinski definition) is 0. The lowest BCUT2D eigenvalue weighted by Crippen LogP contribution is -1.99. The second kappa shape index (κ2) is 6.54. The highest BCUT2D eigenvalue weighted by molar-refractivity contribution is 6.32. The molecule has 0 atom stereocenters. The molecule has 0 aliphatic rings. The van der Waals surface area contributed by atoms with E-state index in [2.05, 4.69) is 25.4 Å². The quantitative estimate of drug-likeness (QED) is 0.467. The lowest BCUT2D eigenvalue weighted by molar-refractivity contribution is 0.863. The van der Waals surface area contributed by atoms with Gasteiger partial charge in [0.05, 0.1) is 28.8 Å². The highest BCUT2D eigenvalue weighted by Crippen LogP contribution is 2.31. The third-order valence-electron chi connectivity index (χ3n) is 4.44. The van der Waals surface area contributed by atoms with Crippen molar-refractivity contribution in [2.75, 3.05) is 0 Å². The summed E-state index contributed by atoms with van der Waals surface area (Å²) in [5.41, 5.74) is 3.98. The summed E-state index contributed by atoms with van der Waals surface area (Å²) in [6.45, 7) is 1.88. The molecule has 0 fully saturated rings. The molecule has 8 heteroatoms. The van der Waals surface area contributed by atoms with Crippen LogP contribution in [0.5, 0.6) is 0 Å². The number of nitrogens with zero attached hydrogens (tertiary/aromatic N) is 7. The summed E-state index contributed by atoms with van der Waals surface area (Å²) in [5, 5.41) is 18.0. The average Bonchev–Trinajstić information content (AvgIpc) is 3.28. The van der Waals surface area contributed by atoms with Crippen LogP contribution in [0.1, 0.15) is 5.69 Å². The zero-order valence-corrected chi connectivity index (χ0v) is 15.6. The average molecular weight is 388 g/mol. The van der Waals surface area contributed by atoms with Gasteiger partial charge in [-0.2, -0.15) is 14.7 Å². The monoisotopic (exact) mass is 387 g/mol. The van der Waals surface area contributed by atoms with Gasteiger partial charge in [0.2, 0.25) is 0 Å². The molecule has 136 valence electrons. The van der Waals surface area contributed by atoms with Crippen LogP contribution in [0.15, 0.2) is 66.9 Å². The van der Waals surface area contributed by atoms with Gasteiger partial charge in [-0.1, -0.05) is 60.1 Å². The first-order valence-electron chi connectivity index (χ1n) is 8.67. The Labute approximate surface area is 165 Å². The molecule has 0 spiro atoms. The first kappa shape index (κ1) is 16.6. The van der Waals surface area contributed by atoms with Gasteiger partial charge in [0.25, 0.3) is 5.78 Å². The Hall–Kier alpha value is -3.58. The van der Waals surface area contributed by atoms with Crippen molar-refractivity contribution in [2.45, 2.75) is 6.92 Å². The molecule has 0 amide bonds. The number of rotatable bonds is 3. The van der Waals surface area contributed by atoms with Crippen LogP contribution in [0.2, 0.25) is 5.15 Å². The molecule has 5 aromatic rings. The van der Waals surface area contributed by atoms with Crippen LogP contribution in [-0.4, -0.2) is 34.6 Å². The molecule has 0 radical (unpaired) electrons. The molecule has 3 aromatic heterocycles. The fourth-order valence-corrected chi connectivity index (χ4v) is 3.45. The summed E-state index contributed by atoms with van der Waals surface area (Å²) in [7, 11) is 0. The van der Waals surface area contributed by atoms with Gasteiger partial charge in [-0.25, -0.2) is 9.67 Å². The first-order chi connectivity index (χ1) is 13.7. The Morgan fingerprint density at radius 1 is 0.893 bits per heavy atom. The van der Waals surface area contributed by atoms with Crippen molar-refractivity contribution in [3.05, 3.63) is 77.7 Å². The van der Waals surface area contributed by atoms with Crippen LogP contribution >= 0.6 is 11.6 Å². The zero-order valence-electron chi connectivity index (χ0n) is 14.9. The maximum atomic E-state index is 6.65. The van der Waals surface area contributed by atoms with E-state index in [1.165, 1.54) is 0 Å². The van der Waals surface area contributed by atoms with Gasteiger partial charge < -0.3 is 0 Å². The van der Waals surface area contributed by atoms with E-state index in [0.29, 0.717) is 22.3 Å². The Balaban J connectivity index is 1.64. The van der Waals surface area contributed by atoms with E-state index < -0.39 is 0 Å². The van der Waals surface area contributed by atoms with Gasteiger partial charge >= 0.3 is 0 Å².